The highest BCUT2D eigenvalue weighted by atomic mass is 16.5. The molecule has 1 aromatic carbocycles. The van der Waals surface area contributed by atoms with Gasteiger partial charge in [0.25, 0.3) is 0 Å². The van der Waals surface area contributed by atoms with E-state index in [2.05, 4.69) is 40.0 Å². The molecule has 1 fully saturated rings. The van der Waals surface area contributed by atoms with Crippen molar-refractivity contribution in [1.82, 2.24) is 19.7 Å². The van der Waals surface area contributed by atoms with Crippen molar-refractivity contribution < 1.29 is 13.9 Å². The van der Waals surface area contributed by atoms with Gasteiger partial charge >= 0.3 is 6.01 Å². The van der Waals surface area contributed by atoms with E-state index in [1.807, 2.05) is 36.5 Å². The molecule has 0 atom stereocenters. The highest BCUT2D eigenvalue weighted by Crippen LogP contribution is 2.23. The minimum atomic E-state index is 0.348. The molecule has 0 N–H and O–H groups in total. The van der Waals surface area contributed by atoms with Gasteiger partial charge in [-0.2, -0.15) is 15.1 Å². The number of rotatable bonds is 8. The van der Waals surface area contributed by atoms with Gasteiger partial charge in [-0.05, 0) is 37.6 Å². The van der Waals surface area contributed by atoms with E-state index >= 15 is 0 Å². The molecule has 1 saturated heterocycles. The molecule has 0 spiro atoms. The van der Waals surface area contributed by atoms with Crippen LogP contribution in [-0.2, 0) is 11.2 Å². The van der Waals surface area contributed by atoms with E-state index in [4.69, 9.17) is 19.0 Å². The molecule has 1 aliphatic rings. The summed E-state index contributed by atoms with van der Waals surface area (Å²) in [6, 6.07) is 16.5. The topological polar surface area (TPSA) is 78.4 Å². The van der Waals surface area contributed by atoms with Crippen molar-refractivity contribution in [3.63, 3.8) is 0 Å². The molecule has 4 aromatic rings. The van der Waals surface area contributed by atoms with Crippen LogP contribution >= 0.6 is 0 Å². The molecule has 8 heteroatoms. The Bertz CT molecular complexity index is 1180. The molecule has 33 heavy (non-hydrogen) atoms. The van der Waals surface area contributed by atoms with E-state index in [-0.39, 0.29) is 0 Å². The number of ether oxygens (including phenoxy) is 2. The van der Waals surface area contributed by atoms with Crippen molar-refractivity contribution in [1.29, 1.82) is 0 Å². The first-order valence-electron chi connectivity index (χ1n) is 11.2. The molecular weight excluding hydrogens is 418 g/mol. The Morgan fingerprint density at radius 2 is 1.88 bits per heavy atom. The van der Waals surface area contributed by atoms with E-state index in [1.165, 1.54) is 5.56 Å². The number of aryl methyl sites for hydroxylation is 2. The van der Waals surface area contributed by atoms with Gasteiger partial charge in [0.15, 0.2) is 5.82 Å². The Morgan fingerprint density at radius 1 is 1.00 bits per heavy atom. The van der Waals surface area contributed by atoms with Crippen LogP contribution in [0.5, 0.6) is 6.01 Å². The van der Waals surface area contributed by atoms with E-state index < -0.39 is 0 Å². The molecule has 1 aliphatic heterocycles. The van der Waals surface area contributed by atoms with E-state index in [1.54, 1.807) is 10.9 Å². The van der Waals surface area contributed by atoms with Crippen LogP contribution in [0, 0.1) is 6.92 Å². The number of hydrogen-bond donors (Lipinski definition) is 0. The molecule has 0 amide bonds. The number of morpholine rings is 1. The highest BCUT2D eigenvalue weighted by Gasteiger charge is 2.17. The summed E-state index contributed by atoms with van der Waals surface area (Å²) in [5.41, 5.74) is 3.17. The van der Waals surface area contributed by atoms with Crippen LogP contribution in [0.15, 0.2) is 65.4 Å². The van der Waals surface area contributed by atoms with E-state index in [9.17, 15) is 0 Å². The molecule has 170 valence electrons. The van der Waals surface area contributed by atoms with Crippen LogP contribution in [0.3, 0.4) is 0 Å². The number of anilines is 1. The van der Waals surface area contributed by atoms with Crippen molar-refractivity contribution in [3.05, 3.63) is 72.3 Å². The molecule has 3 aromatic heterocycles. The fourth-order valence-electron chi connectivity index (χ4n) is 3.81. The van der Waals surface area contributed by atoms with Gasteiger partial charge in [-0.3, -0.25) is 0 Å². The first kappa shape index (κ1) is 21.2. The van der Waals surface area contributed by atoms with Crippen LogP contribution in [-0.4, -0.2) is 52.7 Å². The quantitative estimate of drug-likeness (QED) is 0.378. The third-order valence-electron chi connectivity index (χ3n) is 5.53. The van der Waals surface area contributed by atoms with Gasteiger partial charge in [0, 0.05) is 37.3 Å². The van der Waals surface area contributed by atoms with Crippen LogP contribution < -0.4 is 9.64 Å². The normalized spacial score (nSPS) is 13.9. The van der Waals surface area contributed by atoms with Crippen LogP contribution in [0.25, 0.3) is 17.1 Å². The Hall–Kier alpha value is -3.65. The van der Waals surface area contributed by atoms with Gasteiger partial charge < -0.3 is 18.8 Å². The summed E-state index contributed by atoms with van der Waals surface area (Å²) in [6.07, 6.45) is 5.23. The fourth-order valence-corrected chi connectivity index (χ4v) is 3.81. The molecule has 8 nitrogen and oxygen atoms in total. The van der Waals surface area contributed by atoms with Crippen LogP contribution in [0.1, 0.15) is 17.7 Å². The average Bonchev–Trinajstić information content (AvgIpc) is 3.55. The lowest BCUT2D eigenvalue weighted by molar-refractivity contribution is 0.122. The van der Waals surface area contributed by atoms with Gasteiger partial charge in [0.05, 0.1) is 31.8 Å². The van der Waals surface area contributed by atoms with Crippen molar-refractivity contribution in [3.8, 4) is 23.1 Å². The van der Waals surface area contributed by atoms with Gasteiger partial charge in [0.2, 0.25) is 0 Å². The van der Waals surface area contributed by atoms with Crippen LogP contribution in [0.2, 0.25) is 0 Å². The number of benzene rings is 1. The fraction of sp³-hybridized carbons (Fsp3) is 0.320. The number of hydrogen-bond acceptors (Lipinski definition) is 7. The first-order chi connectivity index (χ1) is 16.2. The smallest absolute Gasteiger partial charge is 0.320 e. The van der Waals surface area contributed by atoms with Crippen molar-refractivity contribution in [2.24, 2.45) is 0 Å². The Labute approximate surface area is 192 Å². The van der Waals surface area contributed by atoms with E-state index in [0.29, 0.717) is 31.6 Å². The lowest BCUT2D eigenvalue weighted by Crippen LogP contribution is -2.37. The predicted octanol–water partition coefficient (Wildman–Crippen LogP) is 4.08. The lowest BCUT2D eigenvalue weighted by Gasteiger charge is -2.28. The summed E-state index contributed by atoms with van der Waals surface area (Å²) in [5, 5.41) is 4.76. The molecule has 0 aliphatic carbocycles. The zero-order valence-electron chi connectivity index (χ0n) is 18.7. The first-order valence-corrected chi connectivity index (χ1v) is 11.2. The second kappa shape index (κ2) is 9.87. The maximum Gasteiger partial charge on any atom is 0.320 e. The second-order valence-electron chi connectivity index (χ2n) is 8.01. The zero-order chi connectivity index (χ0) is 22.5. The third-order valence-corrected chi connectivity index (χ3v) is 5.53. The van der Waals surface area contributed by atoms with E-state index in [0.717, 1.165) is 48.8 Å². The number of aromatic nitrogens is 4. The second-order valence-corrected chi connectivity index (χ2v) is 8.01. The van der Waals surface area contributed by atoms with Gasteiger partial charge in [-0.15, -0.1) is 0 Å². The molecule has 0 saturated carbocycles. The average molecular weight is 446 g/mol. The van der Waals surface area contributed by atoms with Crippen molar-refractivity contribution in [2.75, 3.05) is 37.8 Å². The van der Waals surface area contributed by atoms with Crippen molar-refractivity contribution >= 4 is 5.82 Å². The summed E-state index contributed by atoms with van der Waals surface area (Å²) in [7, 11) is 0. The summed E-state index contributed by atoms with van der Waals surface area (Å²) in [6.45, 7) is 5.50. The summed E-state index contributed by atoms with van der Waals surface area (Å²) in [5.74, 6) is 2.44. The maximum atomic E-state index is 5.94. The Balaban J connectivity index is 1.37. The monoisotopic (exact) mass is 445 g/mol. The highest BCUT2D eigenvalue weighted by molar-refractivity contribution is 5.60. The summed E-state index contributed by atoms with van der Waals surface area (Å²) >= 11 is 0. The maximum absolute atomic E-state index is 5.94. The standard InChI is InChI=1S/C25H27N5O3/c1-19-5-2-6-20(17-19)22-9-10-30(28-22)24-18-23(29-11-15-31-16-12-29)26-25(27-24)33-14-4-8-21-7-3-13-32-21/h2-3,5-7,9-10,13,17-18H,4,8,11-12,14-16H2,1H3. The lowest BCUT2D eigenvalue weighted by atomic mass is 10.1. The van der Waals surface area contributed by atoms with Gasteiger partial charge in [-0.25, -0.2) is 4.68 Å². The Kier molecular flexibility index (Phi) is 6.34. The minimum absolute atomic E-state index is 0.348. The molecule has 0 radical (unpaired) electrons. The summed E-state index contributed by atoms with van der Waals surface area (Å²) < 4.78 is 18.6. The molecule has 5 rings (SSSR count). The number of furan rings is 1. The van der Waals surface area contributed by atoms with Gasteiger partial charge in [0.1, 0.15) is 11.6 Å². The van der Waals surface area contributed by atoms with Crippen LogP contribution in [0.4, 0.5) is 5.82 Å². The molecular formula is C25H27N5O3. The predicted molar refractivity (Wildman–Crippen MR) is 125 cm³/mol. The molecule has 4 heterocycles. The molecule has 0 unspecified atom stereocenters. The minimum Gasteiger partial charge on any atom is -0.469 e. The van der Waals surface area contributed by atoms with Crippen molar-refractivity contribution in [2.45, 2.75) is 19.8 Å². The third kappa shape index (κ3) is 5.23. The van der Waals surface area contributed by atoms with Gasteiger partial charge in [-0.1, -0.05) is 23.8 Å². The largest absolute Gasteiger partial charge is 0.469 e. The Morgan fingerprint density at radius 3 is 2.70 bits per heavy atom. The summed E-state index contributed by atoms with van der Waals surface area (Å²) in [4.78, 5) is 11.5. The SMILES string of the molecule is Cc1cccc(-c2ccn(-c3cc(N4CCOCC4)nc(OCCCc4ccco4)n3)n2)c1. The zero-order valence-corrected chi connectivity index (χ0v) is 18.7. The number of nitrogens with zero attached hydrogens (tertiary/aromatic N) is 5. The molecule has 0 bridgehead atoms.